The average Bonchev–Trinajstić information content (AvgIpc) is 3.41. The molecule has 1 saturated heterocycles. The summed E-state index contributed by atoms with van der Waals surface area (Å²) in [4.78, 5) is 4.71. The van der Waals surface area contributed by atoms with Crippen molar-refractivity contribution >= 4 is 21.9 Å². The Morgan fingerprint density at radius 1 is 1.02 bits per heavy atom. The maximum atomic E-state index is 15.9. The molecular formula is C30H30F3N5O2. The molecule has 1 N–H and O–H groups in total. The lowest BCUT2D eigenvalue weighted by Crippen LogP contribution is -2.27. The Labute approximate surface area is 229 Å². The molecular weight excluding hydrogens is 519 g/mol. The van der Waals surface area contributed by atoms with Gasteiger partial charge in [0.1, 0.15) is 17.5 Å². The standard InChI is InChI=1S/C30H30F3N5O2/c1-16-28(37(4)36-35-16)18-11-25-27(34-15-18)26-23(33)12-19(30(2,3)39)13-24(26)38(25)29(17-7-9-40-10-8-17)21-6-5-20(31)14-22(21)32/h5-6,11-15,17,29,39H,7-10H2,1-4H3/t29-/m1/s1. The molecule has 5 aromatic rings. The van der Waals surface area contributed by atoms with Crippen LogP contribution in [-0.2, 0) is 17.4 Å². The first-order chi connectivity index (χ1) is 19.0. The smallest absolute Gasteiger partial charge is 0.135 e. The van der Waals surface area contributed by atoms with Gasteiger partial charge in [0.05, 0.1) is 45.0 Å². The van der Waals surface area contributed by atoms with E-state index in [1.54, 1.807) is 37.8 Å². The Morgan fingerprint density at radius 3 is 2.42 bits per heavy atom. The van der Waals surface area contributed by atoms with Crippen LogP contribution in [0, 0.1) is 30.3 Å². The molecule has 1 aliphatic rings. The van der Waals surface area contributed by atoms with Crippen LogP contribution in [0.2, 0.25) is 0 Å². The van der Waals surface area contributed by atoms with Gasteiger partial charge in [0.2, 0.25) is 0 Å². The number of rotatable bonds is 5. The van der Waals surface area contributed by atoms with Gasteiger partial charge in [-0.25, -0.2) is 17.9 Å². The highest BCUT2D eigenvalue weighted by Crippen LogP contribution is 2.43. The molecule has 4 heterocycles. The molecule has 0 spiro atoms. The van der Waals surface area contributed by atoms with Gasteiger partial charge >= 0.3 is 0 Å². The van der Waals surface area contributed by atoms with E-state index in [1.807, 2.05) is 17.6 Å². The molecule has 7 nitrogen and oxygen atoms in total. The summed E-state index contributed by atoms with van der Waals surface area (Å²) >= 11 is 0. The van der Waals surface area contributed by atoms with E-state index in [4.69, 9.17) is 9.72 Å². The lowest BCUT2D eigenvalue weighted by atomic mass is 9.86. The number of hydrogen-bond acceptors (Lipinski definition) is 5. The minimum Gasteiger partial charge on any atom is -0.386 e. The van der Waals surface area contributed by atoms with E-state index in [-0.39, 0.29) is 11.3 Å². The Morgan fingerprint density at radius 2 is 1.77 bits per heavy atom. The van der Waals surface area contributed by atoms with Gasteiger partial charge in [0.25, 0.3) is 0 Å². The lowest BCUT2D eigenvalue weighted by Gasteiger charge is -2.33. The summed E-state index contributed by atoms with van der Waals surface area (Å²) in [6.45, 7) is 6.01. The van der Waals surface area contributed by atoms with Crippen LogP contribution < -0.4 is 0 Å². The Balaban J connectivity index is 1.74. The molecule has 40 heavy (non-hydrogen) atoms. The molecule has 0 unspecified atom stereocenters. The average molecular weight is 550 g/mol. The summed E-state index contributed by atoms with van der Waals surface area (Å²) in [6.07, 6.45) is 2.92. The third-order valence-corrected chi connectivity index (χ3v) is 7.94. The number of aliphatic hydroxyl groups is 1. The zero-order chi connectivity index (χ0) is 28.3. The number of aryl methyl sites for hydroxylation is 2. The molecule has 0 radical (unpaired) electrons. The second kappa shape index (κ2) is 9.71. The van der Waals surface area contributed by atoms with E-state index in [9.17, 15) is 9.50 Å². The van der Waals surface area contributed by atoms with Gasteiger partial charge < -0.3 is 14.4 Å². The molecule has 208 valence electrons. The quantitative estimate of drug-likeness (QED) is 0.293. The van der Waals surface area contributed by atoms with E-state index in [2.05, 4.69) is 10.3 Å². The molecule has 1 fully saturated rings. The van der Waals surface area contributed by atoms with E-state index in [0.29, 0.717) is 59.4 Å². The molecule has 1 atom stereocenters. The fourth-order valence-corrected chi connectivity index (χ4v) is 5.99. The monoisotopic (exact) mass is 549 g/mol. The van der Waals surface area contributed by atoms with Crippen LogP contribution in [0.15, 0.2) is 42.6 Å². The van der Waals surface area contributed by atoms with E-state index in [1.165, 1.54) is 18.2 Å². The van der Waals surface area contributed by atoms with Crippen molar-refractivity contribution in [3.05, 3.63) is 76.9 Å². The number of pyridine rings is 1. The molecule has 0 amide bonds. The minimum absolute atomic E-state index is 0.0925. The summed E-state index contributed by atoms with van der Waals surface area (Å²) in [6, 6.07) is 7.92. The van der Waals surface area contributed by atoms with Crippen molar-refractivity contribution in [3.8, 4) is 11.3 Å². The fourth-order valence-electron chi connectivity index (χ4n) is 5.99. The van der Waals surface area contributed by atoms with Crippen molar-refractivity contribution in [2.45, 2.75) is 45.3 Å². The second-order valence-corrected chi connectivity index (χ2v) is 11.1. The molecule has 1 aliphatic heterocycles. The van der Waals surface area contributed by atoms with Gasteiger partial charge in [-0.2, -0.15) is 0 Å². The predicted molar refractivity (Wildman–Crippen MR) is 145 cm³/mol. The lowest BCUT2D eigenvalue weighted by molar-refractivity contribution is 0.0548. The SMILES string of the molecule is Cc1nnn(C)c1-c1cnc2c3c(F)cc(C(C)(C)O)cc3n([C@@H](c3ccc(F)cc3F)C3CCOCC3)c2c1. The van der Waals surface area contributed by atoms with Gasteiger partial charge in [0.15, 0.2) is 0 Å². The van der Waals surface area contributed by atoms with Gasteiger partial charge in [-0.05, 0) is 69.4 Å². The number of aromatic nitrogens is 5. The normalized spacial score (nSPS) is 15.8. The van der Waals surface area contributed by atoms with E-state index in [0.717, 1.165) is 17.3 Å². The van der Waals surface area contributed by atoms with Gasteiger partial charge in [-0.3, -0.25) is 4.98 Å². The van der Waals surface area contributed by atoms with Crippen molar-refractivity contribution < 1.29 is 23.0 Å². The van der Waals surface area contributed by atoms with Crippen LogP contribution in [0.4, 0.5) is 13.2 Å². The Kier molecular flexibility index (Phi) is 6.42. The van der Waals surface area contributed by atoms with Crippen molar-refractivity contribution in [3.63, 3.8) is 0 Å². The summed E-state index contributed by atoms with van der Waals surface area (Å²) in [5.41, 5.74) is 2.97. The Hall–Kier alpha value is -3.76. The van der Waals surface area contributed by atoms with Gasteiger partial charge in [-0.15, -0.1) is 5.10 Å². The van der Waals surface area contributed by atoms with Crippen molar-refractivity contribution in [1.29, 1.82) is 0 Å². The minimum atomic E-state index is -1.33. The van der Waals surface area contributed by atoms with E-state index < -0.39 is 29.1 Å². The summed E-state index contributed by atoms with van der Waals surface area (Å²) in [7, 11) is 1.78. The van der Waals surface area contributed by atoms with Crippen LogP contribution in [-0.4, -0.2) is 42.9 Å². The first-order valence-electron chi connectivity index (χ1n) is 13.3. The van der Waals surface area contributed by atoms with Gasteiger partial charge in [0, 0.05) is 43.7 Å². The first-order valence-corrected chi connectivity index (χ1v) is 13.3. The zero-order valence-corrected chi connectivity index (χ0v) is 22.8. The topological polar surface area (TPSA) is 78.0 Å². The molecule has 6 rings (SSSR count). The van der Waals surface area contributed by atoms with Crippen LogP contribution in [0.25, 0.3) is 33.2 Å². The summed E-state index contributed by atoms with van der Waals surface area (Å²) in [5.74, 6) is -1.98. The number of halogens is 3. The third-order valence-electron chi connectivity index (χ3n) is 7.94. The summed E-state index contributed by atoms with van der Waals surface area (Å²) < 4.78 is 54.7. The highest BCUT2D eigenvalue weighted by molar-refractivity contribution is 6.07. The summed E-state index contributed by atoms with van der Waals surface area (Å²) in [5, 5.41) is 19.4. The van der Waals surface area contributed by atoms with Gasteiger partial charge in [-0.1, -0.05) is 11.3 Å². The van der Waals surface area contributed by atoms with Crippen LogP contribution in [0.3, 0.4) is 0 Å². The van der Waals surface area contributed by atoms with Crippen LogP contribution >= 0.6 is 0 Å². The Bertz CT molecular complexity index is 1730. The number of benzene rings is 2. The molecule has 2 aromatic carbocycles. The van der Waals surface area contributed by atoms with Crippen molar-refractivity contribution in [2.24, 2.45) is 13.0 Å². The van der Waals surface area contributed by atoms with Crippen molar-refractivity contribution in [2.75, 3.05) is 13.2 Å². The maximum absolute atomic E-state index is 15.9. The fraction of sp³-hybridized carbons (Fsp3) is 0.367. The highest BCUT2D eigenvalue weighted by Gasteiger charge is 2.33. The molecule has 0 saturated carbocycles. The van der Waals surface area contributed by atoms with Crippen molar-refractivity contribution in [1.82, 2.24) is 24.5 Å². The number of fused-ring (bicyclic) bond motifs is 3. The molecule has 10 heteroatoms. The molecule has 0 aliphatic carbocycles. The predicted octanol–water partition coefficient (Wildman–Crippen LogP) is 5.95. The van der Waals surface area contributed by atoms with E-state index >= 15 is 8.78 Å². The zero-order valence-electron chi connectivity index (χ0n) is 22.8. The first kappa shape index (κ1) is 26.5. The largest absolute Gasteiger partial charge is 0.386 e. The number of nitrogens with zero attached hydrogens (tertiary/aromatic N) is 5. The highest BCUT2D eigenvalue weighted by atomic mass is 19.1. The number of hydrogen-bond donors (Lipinski definition) is 1. The maximum Gasteiger partial charge on any atom is 0.135 e. The van der Waals surface area contributed by atoms with Crippen LogP contribution in [0.5, 0.6) is 0 Å². The third kappa shape index (κ3) is 4.35. The molecule has 3 aromatic heterocycles. The molecule has 0 bridgehead atoms. The van der Waals surface area contributed by atoms with Crippen LogP contribution in [0.1, 0.15) is 49.6 Å². The number of ether oxygens (including phenoxy) is 1. The second-order valence-electron chi connectivity index (χ2n) is 11.1.